The van der Waals surface area contributed by atoms with Gasteiger partial charge in [0.1, 0.15) is 16.1 Å². The van der Waals surface area contributed by atoms with Crippen LogP contribution >= 0.6 is 11.3 Å². The standard InChI is InChI=1S/C19H17F3N4O2S/c20-19(21,22)13-3-1-4-14(11-13)28-12-16(27)25-7-9-26(10-8-25)18-24-15-5-2-6-23-17(15)29-18/h1-6,11H,7-10,12H2. The zero-order valence-electron chi connectivity index (χ0n) is 15.2. The van der Waals surface area contributed by atoms with Crippen LogP contribution in [0.1, 0.15) is 5.56 Å². The molecule has 10 heteroatoms. The number of benzene rings is 1. The predicted molar refractivity (Wildman–Crippen MR) is 103 cm³/mol. The van der Waals surface area contributed by atoms with Crippen molar-refractivity contribution in [3.8, 4) is 5.75 Å². The Bertz CT molecular complexity index is 983. The van der Waals surface area contributed by atoms with Crippen molar-refractivity contribution in [1.82, 2.24) is 14.9 Å². The summed E-state index contributed by atoms with van der Waals surface area (Å²) in [6, 6.07) is 8.27. The van der Waals surface area contributed by atoms with Gasteiger partial charge in [-0.15, -0.1) is 0 Å². The molecular weight excluding hydrogens is 405 g/mol. The predicted octanol–water partition coefficient (Wildman–Crippen LogP) is 3.44. The van der Waals surface area contributed by atoms with Crippen LogP contribution < -0.4 is 9.64 Å². The number of pyridine rings is 1. The zero-order chi connectivity index (χ0) is 20.4. The molecular formula is C19H17F3N4O2S. The van der Waals surface area contributed by atoms with E-state index in [4.69, 9.17) is 4.74 Å². The first-order valence-corrected chi connectivity index (χ1v) is 9.76. The van der Waals surface area contributed by atoms with Gasteiger partial charge in [0.15, 0.2) is 11.7 Å². The summed E-state index contributed by atoms with van der Waals surface area (Å²) in [5.41, 5.74) is 0.0434. The molecule has 1 fully saturated rings. The molecule has 1 aliphatic heterocycles. The second kappa shape index (κ2) is 7.86. The number of hydrogen-bond donors (Lipinski definition) is 0. The van der Waals surface area contributed by atoms with Crippen molar-refractivity contribution < 1.29 is 22.7 Å². The molecule has 0 radical (unpaired) electrons. The summed E-state index contributed by atoms with van der Waals surface area (Å²) in [6.45, 7) is 1.93. The molecule has 3 heterocycles. The summed E-state index contributed by atoms with van der Waals surface area (Å²) in [5, 5.41) is 0.867. The van der Waals surface area contributed by atoms with Gasteiger partial charge < -0.3 is 14.5 Å². The van der Waals surface area contributed by atoms with Crippen LogP contribution in [0, 0.1) is 0 Å². The van der Waals surface area contributed by atoms with Crippen molar-refractivity contribution >= 4 is 32.7 Å². The summed E-state index contributed by atoms with van der Waals surface area (Å²) in [7, 11) is 0. The Labute approximate surface area is 168 Å². The average Bonchev–Trinajstić information content (AvgIpc) is 3.16. The smallest absolute Gasteiger partial charge is 0.416 e. The second-order valence-electron chi connectivity index (χ2n) is 6.51. The molecule has 1 aliphatic rings. The topological polar surface area (TPSA) is 58.6 Å². The molecule has 0 aliphatic carbocycles. The molecule has 0 bridgehead atoms. The van der Waals surface area contributed by atoms with E-state index < -0.39 is 11.7 Å². The number of alkyl halides is 3. The van der Waals surface area contributed by atoms with Crippen molar-refractivity contribution in [2.24, 2.45) is 0 Å². The Morgan fingerprint density at radius 2 is 1.93 bits per heavy atom. The minimum absolute atomic E-state index is 0.0220. The van der Waals surface area contributed by atoms with Crippen LogP contribution in [-0.2, 0) is 11.0 Å². The molecule has 29 heavy (non-hydrogen) atoms. The van der Waals surface area contributed by atoms with E-state index in [1.54, 1.807) is 11.1 Å². The van der Waals surface area contributed by atoms with Crippen LogP contribution in [0.4, 0.5) is 18.3 Å². The van der Waals surface area contributed by atoms with Gasteiger partial charge in [0.2, 0.25) is 0 Å². The van der Waals surface area contributed by atoms with Crippen LogP contribution in [0.3, 0.4) is 0 Å². The van der Waals surface area contributed by atoms with Gasteiger partial charge in [0.05, 0.1) is 5.56 Å². The molecule has 1 amide bonds. The quantitative estimate of drug-likeness (QED) is 0.645. The number of carbonyl (C=O) groups is 1. The maximum Gasteiger partial charge on any atom is 0.416 e. The number of aromatic nitrogens is 2. The highest BCUT2D eigenvalue weighted by atomic mass is 32.1. The van der Waals surface area contributed by atoms with Crippen molar-refractivity contribution in [1.29, 1.82) is 0 Å². The maximum atomic E-state index is 12.8. The van der Waals surface area contributed by atoms with E-state index in [9.17, 15) is 18.0 Å². The lowest BCUT2D eigenvalue weighted by Gasteiger charge is -2.34. The van der Waals surface area contributed by atoms with Crippen molar-refractivity contribution in [3.63, 3.8) is 0 Å². The summed E-state index contributed by atoms with van der Waals surface area (Å²) < 4.78 is 43.6. The third-order valence-electron chi connectivity index (χ3n) is 4.58. The van der Waals surface area contributed by atoms with E-state index in [1.165, 1.54) is 23.5 Å². The van der Waals surface area contributed by atoms with Crippen molar-refractivity contribution in [3.05, 3.63) is 48.2 Å². The van der Waals surface area contributed by atoms with Gasteiger partial charge >= 0.3 is 6.18 Å². The van der Waals surface area contributed by atoms with Crippen molar-refractivity contribution in [2.45, 2.75) is 6.18 Å². The summed E-state index contributed by atoms with van der Waals surface area (Å²) in [6.07, 6.45) is -2.72. The Kier molecular flexibility index (Phi) is 5.27. The molecule has 0 spiro atoms. The number of fused-ring (bicyclic) bond motifs is 1. The highest BCUT2D eigenvalue weighted by Gasteiger charge is 2.30. The molecule has 4 rings (SSSR count). The fraction of sp³-hybridized carbons (Fsp3) is 0.316. The van der Waals surface area contributed by atoms with E-state index in [-0.39, 0.29) is 18.3 Å². The van der Waals surface area contributed by atoms with E-state index in [0.717, 1.165) is 27.6 Å². The van der Waals surface area contributed by atoms with Gasteiger partial charge in [0, 0.05) is 32.4 Å². The largest absolute Gasteiger partial charge is 0.484 e. The molecule has 0 atom stereocenters. The molecule has 152 valence electrons. The fourth-order valence-corrected chi connectivity index (χ4v) is 4.00. The highest BCUT2D eigenvalue weighted by molar-refractivity contribution is 7.21. The second-order valence-corrected chi connectivity index (χ2v) is 7.46. The van der Waals surface area contributed by atoms with Crippen LogP contribution in [0.5, 0.6) is 5.75 Å². The molecule has 6 nitrogen and oxygen atoms in total. The third kappa shape index (κ3) is 4.42. The van der Waals surface area contributed by atoms with Crippen LogP contribution in [0.25, 0.3) is 10.3 Å². The van der Waals surface area contributed by atoms with E-state index in [0.29, 0.717) is 26.2 Å². The Hall–Kier alpha value is -2.88. The molecule has 2 aromatic heterocycles. The fourth-order valence-electron chi connectivity index (χ4n) is 3.04. The first kappa shape index (κ1) is 19.4. The molecule has 0 unspecified atom stereocenters. The molecule has 0 saturated carbocycles. The van der Waals surface area contributed by atoms with Crippen LogP contribution in [0.2, 0.25) is 0 Å². The Morgan fingerprint density at radius 3 is 2.66 bits per heavy atom. The number of carbonyl (C=O) groups excluding carboxylic acids is 1. The number of piperazine rings is 1. The van der Waals surface area contributed by atoms with E-state index in [2.05, 4.69) is 14.9 Å². The van der Waals surface area contributed by atoms with Gasteiger partial charge in [0.25, 0.3) is 5.91 Å². The van der Waals surface area contributed by atoms with Crippen LogP contribution in [-0.4, -0.2) is 53.6 Å². The first-order chi connectivity index (χ1) is 13.9. The van der Waals surface area contributed by atoms with Crippen molar-refractivity contribution in [2.75, 3.05) is 37.7 Å². The first-order valence-electron chi connectivity index (χ1n) is 8.94. The number of ether oxygens (including phenoxy) is 1. The Morgan fingerprint density at radius 1 is 1.14 bits per heavy atom. The van der Waals surface area contributed by atoms with Crippen LogP contribution in [0.15, 0.2) is 42.6 Å². The molecule has 1 saturated heterocycles. The van der Waals surface area contributed by atoms with Gasteiger partial charge in [-0.2, -0.15) is 13.2 Å². The molecule has 3 aromatic rings. The zero-order valence-corrected chi connectivity index (χ0v) is 16.0. The number of anilines is 1. The Balaban J connectivity index is 1.31. The number of rotatable bonds is 4. The SMILES string of the molecule is O=C(COc1cccc(C(F)(F)F)c1)N1CCN(c2nc3cccnc3s2)CC1. The monoisotopic (exact) mass is 422 g/mol. The number of thiazole rings is 1. The summed E-state index contributed by atoms with van der Waals surface area (Å²) >= 11 is 1.51. The minimum atomic E-state index is -4.45. The number of hydrogen-bond acceptors (Lipinski definition) is 6. The lowest BCUT2D eigenvalue weighted by molar-refractivity contribution is -0.137. The van der Waals surface area contributed by atoms with E-state index >= 15 is 0 Å². The lowest BCUT2D eigenvalue weighted by Crippen LogP contribution is -2.50. The number of amides is 1. The van der Waals surface area contributed by atoms with Gasteiger partial charge in [-0.3, -0.25) is 4.79 Å². The lowest BCUT2D eigenvalue weighted by atomic mass is 10.2. The summed E-state index contributed by atoms with van der Waals surface area (Å²) in [5.74, 6) is -0.234. The molecule has 0 N–H and O–H groups in total. The molecule has 1 aromatic carbocycles. The van der Waals surface area contributed by atoms with Gasteiger partial charge in [-0.05, 0) is 30.3 Å². The normalized spacial score (nSPS) is 15.0. The summed E-state index contributed by atoms with van der Waals surface area (Å²) in [4.78, 5) is 25.9. The number of halogens is 3. The van der Waals surface area contributed by atoms with Gasteiger partial charge in [-0.25, -0.2) is 9.97 Å². The average molecular weight is 422 g/mol. The third-order valence-corrected chi connectivity index (χ3v) is 5.62. The minimum Gasteiger partial charge on any atom is -0.484 e. The highest BCUT2D eigenvalue weighted by Crippen LogP contribution is 2.31. The van der Waals surface area contributed by atoms with Gasteiger partial charge in [-0.1, -0.05) is 17.4 Å². The maximum absolute atomic E-state index is 12.8. The van der Waals surface area contributed by atoms with E-state index in [1.807, 2.05) is 12.1 Å². The number of nitrogens with zero attached hydrogens (tertiary/aromatic N) is 4.